The smallest absolute Gasteiger partial charge is 0.321 e. The van der Waals surface area contributed by atoms with Crippen molar-refractivity contribution >= 4 is 9.28 Å². The molecule has 0 heterocycles. The first-order valence-corrected chi connectivity index (χ1v) is 14.2. The Kier molecular flexibility index (Phi) is 12.3. The number of hydrogen-bond acceptors (Lipinski definition) is 3. The summed E-state index contributed by atoms with van der Waals surface area (Å²) in [7, 11) is -1.57. The fourth-order valence-electron chi connectivity index (χ4n) is 4.37. The standard InChI is InChI=1S/C26H46O3Si/c1-6-7-8-10-23-11-13-24(14-12-23)25-15-17-26(18-16-25)27-19-9-20-30(28-21(2)3)29-22(4)5/h11-14,21-22,25-26,30H,6-10,15-20H2,1-5H3/t25-,26-. The second kappa shape index (κ2) is 14.4. The molecule has 0 N–H and O–H groups in total. The first kappa shape index (κ1) is 25.6. The van der Waals surface area contributed by atoms with Crippen molar-refractivity contribution in [3.63, 3.8) is 0 Å². The highest BCUT2D eigenvalue weighted by Gasteiger charge is 2.23. The van der Waals surface area contributed by atoms with Gasteiger partial charge in [0.25, 0.3) is 0 Å². The van der Waals surface area contributed by atoms with Crippen LogP contribution in [-0.4, -0.2) is 34.2 Å². The van der Waals surface area contributed by atoms with E-state index in [-0.39, 0.29) is 12.2 Å². The Hall–Kier alpha value is -0.683. The van der Waals surface area contributed by atoms with E-state index in [9.17, 15) is 0 Å². The van der Waals surface area contributed by atoms with Gasteiger partial charge in [0.15, 0.2) is 0 Å². The van der Waals surface area contributed by atoms with E-state index in [1.165, 1.54) is 62.5 Å². The monoisotopic (exact) mass is 434 g/mol. The van der Waals surface area contributed by atoms with E-state index in [0.29, 0.717) is 12.0 Å². The highest BCUT2D eigenvalue weighted by Crippen LogP contribution is 2.34. The Morgan fingerprint density at radius 2 is 1.50 bits per heavy atom. The molecule has 0 atom stereocenters. The summed E-state index contributed by atoms with van der Waals surface area (Å²) in [6.45, 7) is 11.5. The third-order valence-electron chi connectivity index (χ3n) is 5.98. The van der Waals surface area contributed by atoms with Crippen molar-refractivity contribution in [2.24, 2.45) is 0 Å². The number of rotatable bonds is 14. The molecule has 1 aromatic rings. The van der Waals surface area contributed by atoms with Gasteiger partial charge in [0.2, 0.25) is 0 Å². The van der Waals surface area contributed by atoms with Crippen molar-refractivity contribution in [1.29, 1.82) is 0 Å². The number of hydrogen-bond donors (Lipinski definition) is 0. The van der Waals surface area contributed by atoms with Crippen molar-refractivity contribution in [2.45, 2.75) is 123 Å². The summed E-state index contributed by atoms with van der Waals surface area (Å²) in [6.07, 6.45) is 12.1. The van der Waals surface area contributed by atoms with E-state index in [1.54, 1.807) is 0 Å². The zero-order chi connectivity index (χ0) is 21.8. The van der Waals surface area contributed by atoms with Crippen LogP contribution in [0.15, 0.2) is 24.3 Å². The minimum Gasteiger partial charge on any atom is -0.394 e. The topological polar surface area (TPSA) is 27.7 Å². The summed E-state index contributed by atoms with van der Waals surface area (Å²) < 4.78 is 18.2. The molecule has 0 spiro atoms. The van der Waals surface area contributed by atoms with Crippen molar-refractivity contribution in [3.8, 4) is 0 Å². The summed E-state index contributed by atoms with van der Waals surface area (Å²) >= 11 is 0. The number of benzene rings is 1. The molecule has 3 nitrogen and oxygen atoms in total. The lowest BCUT2D eigenvalue weighted by molar-refractivity contribution is 0.0237. The predicted molar refractivity (Wildman–Crippen MR) is 130 cm³/mol. The van der Waals surface area contributed by atoms with Gasteiger partial charge in [-0.05, 0) is 95.7 Å². The van der Waals surface area contributed by atoms with Gasteiger partial charge < -0.3 is 13.6 Å². The molecular weight excluding hydrogens is 388 g/mol. The molecule has 0 aliphatic heterocycles. The van der Waals surface area contributed by atoms with E-state index >= 15 is 0 Å². The van der Waals surface area contributed by atoms with Gasteiger partial charge in [-0.1, -0.05) is 44.0 Å². The van der Waals surface area contributed by atoms with Crippen LogP contribution < -0.4 is 0 Å². The highest BCUT2D eigenvalue weighted by molar-refractivity contribution is 6.44. The van der Waals surface area contributed by atoms with Crippen molar-refractivity contribution in [3.05, 3.63) is 35.4 Å². The maximum atomic E-state index is 6.21. The van der Waals surface area contributed by atoms with E-state index in [2.05, 4.69) is 58.9 Å². The van der Waals surface area contributed by atoms with Crippen LogP contribution in [0.3, 0.4) is 0 Å². The van der Waals surface area contributed by atoms with Gasteiger partial charge in [-0.15, -0.1) is 0 Å². The Labute approximate surface area is 187 Å². The van der Waals surface area contributed by atoms with Crippen molar-refractivity contribution < 1.29 is 13.6 Å². The molecule has 30 heavy (non-hydrogen) atoms. The quantitative estimate of drug-likeness (QED) is 0.235. The average molecular weight is 435 g/mol. The molecule has 0 bridgehead atoms. The predicted octanol–water partition coefficient (Wildman–Crippen LogP) is 6.92. The second-order valence-corrected chi connectivity index (χ2v) is 11.5. The van der Waals surface area contributed by atoms with Gasteiger partial charge in [-0.25, -0.2) is 0 Å². The molecule has 172 valence electrons. The molecule has 4 heteroatoms. The highest BCUT2D eigenvalue weighted by atomic mass is 28.3. The first-order chi connectivity index (χ1) is 14.5. The van der Waals surface area contributed by atoms with Gasteiger partial charge in [0.1, 0.15) is 0 Å². The van der Waals surface area contributed by atoms with Crippen LogP contribution in [0, 0.1) is 0 Å². The summed E-state index contributed by atoms with van der Waals surface area (Å²) in [6, 6.07) is 10.5. The fraction of sp³-hybridized carbons (Fsp3) is 0.769. The maximum absolute atomic E-state index is 6.21. The van der Waals surface area contributed by atoms with Crippen LogP contribution in [0.4, 0.5) is 0 Å². The average Bonchev–Trinajstić information content (AvgIpc) is 2.71. The summed E-state index contributed by atoms with van der Waals surface area (Å²) in [5, 5.41) is 0. The number of unbranched alkanes of at least 4 members (excludes halogenated alkanes) is 2. The maximum Gasteiger partial charge on any atom is 0.321 e. The van der Waals surface area contributed by atoms with Crippen LogP contribution in [-0.2, 0) is 20.0 Å². The van der Waals surface area contributed by atoms with Gasteiger partial charge >= 0.3 is 9.28 Å². The summed E-state index contributed by atoms with van der Waals surface area (Å²) in [5.74, 6) is 0.713. The molecule has 0 saturated heterocycles. The number of aryl methyl sites for hydroxylation is 1. The molecule has 0 radical (unpaired) electrons. The minimum atomic E-state index is -1.57. The second-order valence-electron chi connectivity index (χ2n) is 9.48. The Morgan fingerprint density at radius 3 is 2.07 bits per heavy atom. The van der Waals surface area contributed by atoms with E-state index in [1.807, 2.05) is 0 Å². The Balaban J connectivity index is 1.64. The van der Waals surface area contributed by atoms with Gasteiger partial charge in [-0.3, -0.25) is 0 Å². The molecule has 1 aliphatic carbocycles. The molecule has 1 saturated carbocycles. The largest absolute Gasteiger partial charge is 0.394 e. The van der Waals surface area contributed by atoms with Crippen LogP contribution >= 0.6 is 0 Å². The Morgan fingerprint density at radius 1 is 0.867 bits per heavy atom. The van der Waals surface area contributed by atoms with Crippen molar-refractivity contribution in [2.75, 3.05) is 6.61 Å². The third kappa shape index (κ3) is 10.1. The van der Waals surface area contributed by atoms with E-state index in [4.69, 9.17) is 13.6 Å². The zero-order valence-electron chi connectivity index (χ0n) is 20.2. The minimum absolute atomic E-state index is 0.252. The molecule has 1 aliphatic rings. The first-order valence-electron chi connectivity index (χ1n) is 12.5. The van der Waals surface area contributed by atoms with E-state index in [0.717, 1.165) is 19.1 Å². The molecular formula is C26H46O3Si. The van der Waals surface area contributed by atoms with Gasteiger partial charge in [0.05, 0.1) is 6.10 Å². The van der Waals surface area contributed by atoms with Crippen molar-refractivity contribution in [1.82, 2.24) is 0 Å². The molecule has 0 amide bonds. The molecule has 2 rings (SSSR count). The summed E-state index contributed by atoms with van der Waals surface area (Å²) in [5.41, 5.74) is 3.02. The lowest BCUT2D eigenvalue weighted by Gasteiger charge is -2.29. The SMILES string of the molecule is CCCCCc1ccc([C@H]2CC[C@H](OCCC[SiH](OC(C)C)OC(C)C)CC2)cc1. The van der Waals surface area contributed by atoms with Crippen LogP contribution in [0.1, 0.15) is 103 Å². The van der Waals surface area contributed by atoms with Crippen LogP contribution in [0.25, 0.3) is 0 Å². The Bertz CT molecular complexity index is 540. The van der Waals surface area contributed by atoms with Gasteiger partial charge in [-0.2, -0.15) is 0 Å². The number of ether oxygens (including phenoxy) is 1. The van der Waals surface area contributed by atoms with Gasteiger partial charge in [0, 0.05) is 18.8 Å². The molecule has 1 fully saturated rings. The van der Waals surface area contributed by atoms with Crippen LogP contribution in [0.5, 0.6) is 0 Å². The third-order valence-corrected chi connectivity index (χ3v) is 8.56. The zero-order valence-corrected chi connectivity index (χ0v) is 21.4. The molecule has 0 aromatic heterocycles. The molecule has 1 aromatic carbocycles. The summed E-state index contributed by atoms with van der Waals surface area (Å²) in [4.78, 5) is 0. The van der Waals surface area contributed by atoms with Crippen LogP contribution in [0.2, 0.25) is 6.04 Å². The molecule has 0 unspecified atom stereocenters. The lowest BCUT2D eigenvalue weighted by atomic mass is 9.82. The normalized spacial score (nSPS) is 19.9. The fourth-order valence-corrected chi connectivity index (χ4v) is 6.42. The van der Waals surface area contributed by atoms with E-state index < -0.39 is 9.28 Å². The lowest BCUT2D eigenvalue weighted by Crippen LogP contribution is -2.30.